The first-order valence-corrected chi connectivity index (χ1v) is 9.81. The van der Waals surface area contributed by atoms with Gasteiger partial charge < -0.3 is 4.74 Å². The first kappa shape index (κ1) is 19.5. The number of ketones is 1. The maximum atomic E-state index is 12.5. The monoisotopic (exact) mass is 421 g/mol. The summed E-state index contributed by atoms with van der Waals surface area (Å²) in [7, 11) is 1.59. The lowest BCUT2D eigenvalue weighted by Gasteiger charge is -2.08. The highest BCUT2D eigenvalue weighted by molar-refractivity contribution is 7.99. The highest BCUT2D eigenvalue weighted by atomic mass is 32.2. The van der Waals surface area contributed by atoms with E-state index in [0.717, 1.165) is 17.3 Å². The lowest BCUT2D eigenvalue weighted by molar-refractivity contribution is -0.384. The van der Waals surface area contributed by atoms with E-state index in [-0.39, 0.29) is 22.8 Å². The van der Waals surface area contributed by atoms with E-state index >= 15 is 0 Å². The number of rotatable bonds is 7. The van der Waals surface area contributed by atoms with E-state index in [1.54, 1.807) is 23.8 Å². The molecule has 2 aromatic heterocycles. The Bertz CT molecular complexity index is 1260. The molecule has 0 fully saturated rings. The van der Waals surface area contributed by atoms with Crippen LogP contribution in [0.3, 0.4) is 0 Å². The predicted molar refractivity (Wildman–Crippen MR) is 111 cm³/mol. The van der Waals surface area contributed by atoms with Crippen molar-refractivity contribution in [1.29, 1.82) is 0 Å². The average Bonchev–Trinajstić information content (AvgIpc) is 3.19. The Balaban J connectivity index is 1.58. The maximum absolute atomic E-state index is 12.5. The molecular formula is C20H15N5O4S. The number of ether oxygens (including phenoxy) is 1. The van der Waals surface area contributed by atoms with Crippen LogP contribution in [0.15, 0.2) is 65.8 Å². The summed E-state index contributed by atoms with van der Waals surface area (Å²) in [6.07, 6.45) is 0. The van der Waals surface area contributed by atoms with E-state index in [2.05, 4.69) is 15.3 Å². The first-order valence-electron chi connectivity index (χ1n) is 8.83. The van der Waals surface area contributed by atoms with Gasteiger partial charge in [-0.3, -0.25) is 14.9 Å². The number of hydrogen-bond acceptors (Lipinski definition) is 8. The Morgan fingerprint density at radius 3 is 2.77 bits per heavy atom. The molecule has 0 atom stereocenters. The van der Waals surface area contributed by atoms with E-state index in [9.17, 15) is 14.9 Å². The number of nitrogens with zero attached hydrogens (tertiary/aromatic N) is 5. The molecule has 0 radical (unpaired) electrons. The number of methoxy groups -OCH3 is 1. The molecule has 0 spiro atoms. The molecule has 150 valence electrons. The first-order chi connectivity index (χ1) is 14.6. The van der Waals surface area contributed by atoms with Gasteiger partial charge in [-0.15, -0.1) is 10.2 Å². The summed E-state index contributed by atoms with van der Waals surface area (Å²) >= 11 is 1.16. The Hall–Kier alpha value is -3.79. The van der Waals surface area contributed by atoms with Gasteiger partial charge >= 0.3 is 0 Å². The number of para-hydroxylation sites is 1. The SMILES string of the molecule is COc1ccccc1-c1ccc2nnc(SCC(=O)c3cccc([N+](=O)[O-])c3)n2n1. The Morgan fingerprint density at radius 2 is 1.97 bits per heavy atom. The van der Waals surface area contributed by atoms with Gasteiger partial charge in [0.25, 0.3) is 5.69 Å². The minimum absolute atomic E-state index is 0.0442. The minimum Gasteiger partial charge on any atom is -0.496 e. The summed E-state index contributed by atoms with van der Waals surface area (Å²) in [6, 6.07) is 16.8. The van der Waals surface area contributed by atoms with Crippen molar-refractivity contribution in [2.75, 3.05) is 12.9 Å². The summed E-state index contributed by atoms with van der Waals surface area (Å²) in [6.45, 7) is 0. The van der Waals surface area contributed by atoms with Crippen LogP contribution >= 0.6 is 11.8 Å². The molecule has 4 aromatic rings. The van der Waals surface area contributed by atoms with Crippen LogP contribution < -0.4 is 4.74 Å². The predicted octanol–water partition coefficient (Wildman–Crippen LogP) is 3.68. The summed E-state index contributed by atoms with van der Waals surface area (Å²) in [4.78, 5) is 22.9. The van der Waals surface area contributed by atoms with Gasteiger partial charge in [0.2, 0.25) is 5.16 Å². The van der Waals surface area contributed by atoms with E-state index in [4.69, 9.17) is 4.74 Å². The number of non-ortho nitro benzene ring substituents is 1. The van der Waals surface area contributed by atoms with Crippen LogP contribution in [-0.4, -0.2) is 43.4 Å². The fraction of sp³-hybridized carbons (Fsp3) is 0.100. The van der Waals surface area contributed by atoms with Gasteiger partial charge in [0.05, 0.1) is 23.5 Å². The zero-order chi connectivity index (χ0) is 21.1. The smallest absolute Gasteiger partial charge is 0.270 e. The zero-order valence-corrected chi connectivity index (χ0v) is 16.6. The van der Waals surface area contributed by atoms with Crippen molar-refractivity contribution in [2.45, 2.75) is 5.16 Å². The Morgan fingerprint density at radius 1 is 1.13 bits per heavy atom. The molecule has 0 saturated heterocycles. The molecule has 9 nitrogen and oxygen atoms in total. The summed E-state index contributed by atoms with van der Waals surface area (Å²) in [5.74, 6) is 0.483. The fourth-order valence-electron chi connectivity index (χ4n) is 2.87. The molecular weight excluding hydrogens is 406 g/mol. The van der Waals surface area contributed by atoms with Crippen molar-refractivity contribution < 1.29 is 14.5 Å². The highest BCUT2D eigenvalue weighted by Gasteiger charge is 2.15. The molecule has 0 aliphatic rings. The minimum atomic E-state index is -0.529. The van der Waals surface area contributed by atoms with Gasteiger partial charge in [0.1, 0.15) is 5.75 Å². The standard InChI is InChI=1S/C20H15N5O4S/c1-29-18-8-3-2-7-15(18)16-9-10-19-21-22-20(24(19)23-16)30-12-17(26)13-5-4-6-14(11-13)25(27)28/h2-11H,12H2,1H3. The second kappa shape index (κ2) is 8.29. The van der Waals surface area contributed by atoms with E-state index in [1.807, 2.05) is 30.3 Å². The number of carbonyl (C=O) groups is 1. The third-order valence-electron chi connectivity index (χ3n) is 4.33. The Kier molecular flexibility index (Phi) is 5.40. The zero-order valence-electron chi connectivity index (χ0n) is 15.8. The Labute approximate surface area is 174 Å². The number of hydrogen-bond donors (Lipinski definition) is 0. The van der Waals surface area contributed by atoms with Crippen molar-refractivity contribution in [3.8, 4) is 17.0 Å². The summed E-state index contributed by atoms with van der Waals surface area (Å²) in [5, 5.41) is 24.1. The van der Waals surface area contributed by atoms with Crippen molar-refractivity contribution in [2.24, 2.45) is 0 Å². The molecule has 0 bridgehead atoms. The van der Waals surface area contributed by atoms with E-state index in [1.165, 1.54) is 18.2 Å². The lowest BCUT2D eigenvalue weighted by Crippen LogP contribution is -2.04. The molecule has 0 unspecified atom stereocenters. The molecule has 4 rings (SSSR count). The number of nitro benzene ring substituents is 1. The third kappa shape index (κ3) is 3.85. The van der Waals surface area contributed by atoms with Crippen LogP contribution in [0.4, 0.5) is 5.69 Å². The number of Topliss-reactive ketones (excluding diaryl/α,β-unsaturated/α-hetero) is 1. The van der Waals surface area contributed by atoms with Crippen molar-refractivity contribution >= 4 is 28.9 Å². The number of aromatic nitrogens is 4. The third-order valence-corrected chi connectivity index (χ3v) is 5.25. The quantitative estimate of drug-likeness (QED) is 0.192. The molecule has 0 aliphatic carbocycles. The van der Waals surface area contributed by atoms with Gasteiger partial charge in [0.15, 0.2) is 11.4 Å². The van der Waals surface area contributed by atoms with Crippen molar-refractivity contribution in [1.82, 2.24) is 19.8 Å². The molecule has 30 heavy (non-hydrogen) atoms. The number of benzene rings is 2. The summed E-state index contributed by atoms with van der Waals surface area (Å²) in [5.41, 5.74) is 2.18. The molecule has 0 amide bonds. The molecule has 10 heteroatoms. The normalized spacial score (nSPS) is 10.8. The van der Waals surface area contributed by atoms with Gasteiger partial charge in [-0.05, 0) is 24.3 Å². The van der Waals surface area contributed by atoms with Crippen LogP contribution in [0.5, 0.6) is 5.75 Å². The van der Waals surface area contributed by atoms with Gasteiger partial charge in [-0.1, -0.05) is 36.0 Å². The molecule has 0 saturated carbocycles. The van der Waals surface area contributed by atoms with Gasteiger partial charge in [0, 0.05) is 23.3 Å². The number of carbonyl (C=O) groups excluding carboxylic acids is 1. The number of fused-ring (bicyclic) bond motifs is 1. The van der Waals surface area contributed by atoms with Crippen LogP contribution in [0, 0.1) is 10.1 Å². The lowest BCUT2D eigenvalue weighted by atomic mass is 10.1. The maximum Gasteiger partial charge on any atom is 0.270 e. The molecule has 0 N–H and O–H groups in total. The van der Waals surface area contributed by atoms with Gasteiger partial charge in [-0.25, -0.2) is 0 Å². The fourth-order valence-corrected chi connectivity index (χ4v) is 3.65. The van der Waals surface area contributed by atoms with Crippen LogP contribution in [0.1, 0.15) is 10.4 Å². The number of nitro groups is 1. The summed E-state index contributed by atoms with van der Waals surface area (Å²) < 4.78 is 6.96. The van der Waals surface area contributed by atoms with E-state index in [0.29, 0.717) is 22.2 Å². The molecule has 2 aromatic carbocycles. The van der Waals surface area contributed by atoms with Crippen LogP contribution in [0.25, 0.3) is 16.9 Å². The van der Waals surface area contributed by atoms with Crippen molar-refractivity contribution in [3.63, 3.8) is 0 Å². The second-order valence-electron chi connectivity index (χ2n) is 6.19. The topological polar surface area (TPSA) is 113 Å². The highest BCUT2D eigenvalue weighted by Crippen LogP contribution is 2.28. The molecule has 2 heterocycles. The number of thioether (sulfide) groups is 1. The average molecular weight is 421 g/mol. The molecule has 0 aliphatic heterocycles. The van der Waals surface area contributed by atoms with Gasteiger partial charge in [-0.2, -0.15) is 9.61 Å². The largest absolute Gasteiger partial charge is 0.496 e. The van der Waals surface area contributed by atoms with Crippen LogP contribution in [-0.2, 0) is 0 Å². The van der Waals surface area contributed by atoms with E-state index < -0.39 is 4.92 Å². The van der Waals surface area contributed by atoms with Crippen molar-refractivity contribution in [3.05, 3.63) is 76.3 Å². The van der Waals surface area contributed by atoms with Crippen LogP contribution in [0.2, 0.25) is 0 Å². The second-order valence-corrected chi connectivity index (χ2v) is 7.13.